The molecule has 19 heavy (non-hydrogen) atoms. The van der Waals surface area contributed by atoms with Crippen molar-refractivity contribution in [2.45, 2.75) is 6.54 Å². The Balaban J connectivity index is 2.05. The monoisotopic (exact) mass is 295 g/mol. The Labute approximate surface area is 120 Å². The fourth-order valence-corrected chi connectivity index (χ4v) is 1.82. The van der Waals surface area contributed by atoms with E-state index in [1.807, 2.05) is 12.1 Å². The van der Waals surface area contributed by atoms with Gasteiger partial charge in [-0.25, -0.2) is 4.98 Å². The van der Waals surface area contributed by atoms with E-state index >= 15 is 0 Å². The van der Waals surface area contributed by atoms with Crippen LogP contribution in [0, 0.1) is 0 Å². The number of aromatic nitrogens is 1. The van der Waals surface area contributed by atoms with Crippen LogP contribution < -0.4 is 11.1 Å². The van der Waals surface area contributed by atoms with Crippen LogP contribution in [0.5, 0.6) is 0 Å². The van der Waals surface area contributed by atoms with Crippen LogP contribution in [-0.4, -0.2) is 10.9 Å². The number of halogens is 2. The van der Waals surface area contributed by atoms with E-state index in [9.17, 15) is 4.79 Å². The molecular weight excluding hydrogens is 285 g/mol. The van der Waals surface area contributed by atoms with Crippen molar-refractivity contribution >= 4 is 34.9 Å². The summed E-state index contributed by atoms with van der Waals surface area (Å²) in [5, 5.41) is 3.67. The van der Waals surface area contributed by atoms with Gasteiger partial charge in [-0.05, 0) is 23.8 Å². The van der Waals surface area contributed by atoms with E-state index in [0.717, 1.165) is 5.56 Å². The van der Waals surface area contributed by atoms with E-state index in [1.165, 1.54) is 12.3 Å². The summed E-state index contributed by atoms with van der Waals surface area (Å²) in [7, 11) is 0. The Morgan fingerprint density at radius 2 is 1.95 bits per heavy atom. The van der Waals surface area contributed by atoms with Gasteiger partial charge in [-0.3, -0.25) is 4.79 Å². The molecule has 0 spiro atoms. The van der Waals surface area contributed by atoms with Gasteiger partial charge in [-0.2, -0.15) is 0 Å². The van der Waals surface area contributed by atoms with Crippen LogP contribution in [0.3, 0.4) is 0 Å². The topological polar surface area (TPSA) is 68.0 Å². The predicted octanol–water partition coefficient (Wildman–Crippen LogP) is 2.90. The molecule has 0 radical (unpaired) electrons. The van der Waals surface area contributed by atoms with Crippen molar-refractivity contribution in [3.8, 4) is 0 Å². The first-order valence-electron chi connectivity index (χ1n) is 5.50. The van der Waals surface area contributed by atoms with Crippen LogP contribution >= 0.6 is 23.2 Å². The molecule has 6 heteroatoms. The van der Waals surface area contributed by atoms with Gasteiger partial charge in [0.25, 0.3) is 5.91 Å². The third kappa shape index (κ3) is 3.59. The number of nitrogens with one attached hydrogen (secondary N) is 1. The average molecular weight is 296 g/mol. The van der Waals surface area contributed by atoms with Gasteiger partial charge in [0.1, 0.15) is 5.82 Å². The molecule has 0 bridgehead atoms. The normalized spacial score (nSPS) is 10.2. The number of benzene rings is 1. The average Bonchev–Trinajstić information content (AvgIpc) is 2.40. The molecule has 0 atom stereocenters. The first-order chi connectivity index (χ1) is 9.06. The Morgan fingerprint density at radius 3 is 2.63 bits per heavy atom. The van der Waals surface area contributed by atoms with Gasteiger partial charge >= 0.3 is 0 Å². The maximum atomic E-state index is 12.0. The van der Waals surface area contributed by atoms with Gasteiger partial charge in [0.15, 0.2) is 0 Å². The summed E-state index contributed by atoms with van der Waals surface area (Å²) in [6.45, 7) is 0.383. The maximum Gasteiger partial charge on any atom is 0.253 e. The molecule has 0 aliphatic rings. The minimum Gasteiger partial charge on any atom is -0.384 e. The number of carbonyl (C=O) groups is 1. The smallest absolute Gasteiger partial charge is 0.253 e. The number of nitrogens with zero attached hydrogens (tertiary/aromatic N) is 1. The number of hydrogen-bond donors (Lipinski definition) is 2. The van der Waals surface area contributed by atoms with E-state index in [2.05, 4.69) is 10.3 Å². The zero-order valence-electron chi connectivity index (χ0n) is 9.86. The third-order valence-corrected chi connectivity index (χ3v) is 3.04. The summed E-state index contributed by atoms with van der Waals surface area (Å²) in [6.07, 6.45) is 1.36. The lowest BCUT2D eigenvalue weighted by molar-refractivity contribution is 0.0951. The van der Waals surface area contributed by atoms with Gasteiger partial charge in [-0.15, -0.1) is 0 Å². The van der Waals surface area contributed by atoms with Crippen molar-refractivity contribution in [3.63, 3.8) is 0 Å². The van der Waals surface area contributed by atoms with E-state index in [0.29, 0.717) is 17.1 Å². The SMILES string of the molecule is Nc1cc(C(=O)NCc2ccc(Cl)cc2)c(Cl)cn1. The number of anilines is 1. The molecule has 98 valence electrons. The second-order valence-corrected chi connectivity index (χ2v) is 4.74. The van der Waals surface area contributed by atoms with Gasteiger partial charge in [-0.1, -0.05) is 35.3 Å². The highest BCUT2D eigenvalue weighted by molar-refractivity contribution is 6.33. The number of amides is 1. The van der Waals surface area contributed by atoms with Crippen LogP contribution in [0.4, 0.5) is 5.82 Å². The summed E-state index contributed by atoms with van der Waals surface area (Å²) in [5.41, 5.74) is 6.77. The van der Waals surface area contributed by atoms with Crippen LogP contribution in [0.2, 0.25) is 10.0 Å². The quantitative estimate of drug-likeness (QED) is 0.915. The molecule has 0 aliphatic heterocycles. The highest BCUT2D eigenvalue weighted by Gasteiger charge is 2.11. The van der Waals surface area contributed by atoms with E-state index in [4.69, 9.17) is 28.9 Å². The molecule has 1 amide bonds. The van der Waals surface area contributed by atoms with E-state index < -0.39 is 0 Å². The third-order valence-electron chi connectivity index (χ3n) is 2.49. The lowest BCUT2D eigenvalue weighted by Gasteiger charge is -2.07. The number of carbonyl (C=O) groups excluding carboxylic acids is 1. The Kier molecular flexibility index (Phi) is 4.24. The lowest BCUT2D eigenvalue weighted by atomic mass is 10.2. The van der Waals surface area contributed by atoms with Crippen LogP contribution in [0.25, 0.3) is 0 Å². The Hall–Kier alpha value is -1.78. The van der Waals surface area contributed by atoms with Crippen molar-refractivity contribution in [2.24, 2.45) is 0 Å². The molecule has 1 heterocycles. The Bertz CT molecular complexity index is 599. The molecule has 0 unspecified atom stereocenters. The molecule has 0 aliphatic carbocycles. The van der Waals surface area contributed by atoms with Crippen molar-refractivity contribution in [1.29, 1.82) is 0 Å². The number of nitrogens with two attached hydrogens (primary N) is 1. The molecule has 3 N–H and O–H groups in total. The number of rotatable bonds is 3. The number of hydrogen-bond acceptors (Lipinski definition) is 3. The number of nitrogen functional groups attached to an aromatic ring is 1. The standard InChI is InChI=1S/C13H11Cl2N3O/c14-9-3-1-8(2-4-9)6-18-13(19)10-5-12(16)17-7-11(10)15/h1-5,7H,6H2,(H2,16,17)(H,18,19). The van der Waals surface area contributed by atoms with Crippen LogP contribution in [0.1, 0.15) is 15.9 Å². The van der Waals surface area contributed by atoms with Crippen LogP contribution in [0.15, 0.2) is 36.5 Å². The minimum atomic E-state index is -0.297. The lowest BCUT2D eigenvalue weighted by Crippen LogP contribution is -2.23. The molecule has 2 rings (SSSR count). The molecule has 0 fully saturated rings. The first kappa shape index (κ1) is 13.6. The predicted molar refractivity (Wildman–Crippen MR) is 76.3 cm³/mol. The van der Waals surface area contributed by atoms with Crippen molar-refractivity contribution < 1.29 is 4.79 Å². The van der Waals surface area contributed by atoms with Crippen molar-refractivity contribution in [2.75, 3.05) is 5.73 Å². The van der Waals surface area contributed by atoms with E-state index in [-0.39, 0.29) is 16.7 Å². The molecular formula is C13H11Cl2N3O. The highest BCUT2D eigenvalue weighted by atomic mass is 35.5. The van der Waals surface area contributed by atoms with Crippen LogP contribution in [-0.2, 0) is 6.54 Å². The Morgan fingerprint density at radius 1 is 1.26 bits per heavy atom. The van der Waals surface area contributed by atoms with Crippen molar-refractivity contribution in [1.82, 2.24) is 10.3 Å². The van der Waals surface area contributed by atoms with Gasteiger partial charge in [0, 0.05) is 17.8 Å². The maximum absolute atomic E-state index is 12.0. The summed E-state index contributed by atoms with van der Waals surface area (Å²) >= 11 is 11.7. The molecule has 1 aromatic carbocycles. The molecule has 0 saturated heterocycles. The summed E-state index contributed by atoms with van der Waals surface area (Å²) in [5.74, 6) is -0.0462. The number of pyridine rings is 1. The van der Waals surface area contributed by atoms with Gasteiger partial charge < -0.3 is 11.1 Å². The molecule has 1 aromatic heterocycles. The largest absolute Gasteiger partial charge is 0.384 e. The van der Waals surface area contributed by atoms with Gasteiger partial charge in [0.05, 0.1) is 10.6 Å². The zero-order valence-corrected chi connectivity index (χ0v) is 11.4. The summed E-state index contributed by atoms with van der Waals surface area (Å²) < 4.78 is 0. The second kappa shape index (κ2) is 5.91. The molecule has 0 saturated carbocycles. The second-order valence-electron chi connectivity index (χ2n) is 3.90. The first-order valence-corrected chi connectivity index (χ1v) is 6.25. The minimum absolute atomic E-state index is 0.251. The van der Waals surface area contributed by atoms with Crippen molar-refractivity contribution in [3.05, 3.63) is 57.7 Å². The summed E-state index contributed by atoms with van der Waals surface area (Å²) in [4.78, 5) is 15.8. The summed E-state index contributed by atoms with van der Waals surface area (Å²) in [6, 6.07) is 8.65. The highest BCUT2D eigenvalue weighted by Crippen LogP contribution is 2.16. The van der Waals surface area contributed by atoms with E-state index in [1.54, 1.807) is 12.1 Å². The molecule has 4 nitrogen and oxygen atoms in total. The fraction of sp³-hybridized carbons (Fsp3) is 0.0769. The van der Waals surface area contributed by atoms with Gasteiger partial charge in [0.2, 0.25) is 0 Å². The molecule has 2 aromatic rings. The fourth-order valence-electron chi connectivity index (χ4n) is 1.51. The zero-order chi connectivity index (χ0) is 13.8.